The number of thioether (sulfide) groups is 1. The van der Waals surface area contributed by atoms with Crippen molar-refractivity contribution in [1.29, 1.82) is 0 Å². The molecule has 0 fully saturated rings. The van der Waals surface area contributed by atoms with Crippen LogP contribution in [0.1, 0.15) is 0 Å². The molecule has 1 amide bonds. The predicted molar refractivity (Wildman–Crippen MR) is 64.5 cm³/mol. The minimum absolute atomic E-state index is 0.436. The second-order valence-electron chi connectivity index (χ2n) is 3.38. The Morgan fingerprint density at radius 3 is 2.94 bits per heavy atom. The van der Waals surface area contributed by atoms with Crippen LogP contribution in [-0.4, -0.2) is 20.1 Å². The standard InChI is InChI=1S/C11H12N2O2S/c1-13-8-5-7(15-2)3-4-9(8)16-11(13)6-10(12)14/h3-6H,1-2H3,(H2,12,14)/b11-6-. The molecule has 1 heterocycles. The van der Waals surface area contributed by atoms with Crippen molar-refractivity contribution in [3.63, 3.8) is 0 Å². The number of nitrogens with two attached hydrogens (primary N) is 1. The highest BCUT2D eigenvalue weighted by Crippen LogP contribution is 2.46. The molecule has 5 heteroatoms. The third-order valence-corrected chi connectivity index (χ3v) is 3.50. The van der Waals surface area contributed by atoms with E-state index in [0.29, 0.717) is 0 Å². The molecular formula is C11H12N2O2S. The minimum atomic E-state index is -0.436. The maximum atomic E-state index is 10.9. The maximum Gasteiger partial charge on any atom is 0.244 e. The van der Waals surface area contributed by atoms with E-state index in [-0.39, 0.29) is 0 Å². The summed E-state index contributed by atoms with van der Waals surface area (Å²) in [5, 5.41) is 0.829. The number of fused-ring (bicyclic) bond motifs is 1. The first-order chi connectivity index (χ1) is 7.61. The number of carbonyl (C=O) groups excluding carboxylic acids is 1. The molecule has 0 aromatic heterocycles. The van der Waals surface area contributed by atoms with Gasteiger partial charge in [0.2, 0.25) is 5.91 Å². The molecular weight excluding hydrogens is 224 g/mol. The second kappa shape index (κ2) is 4.09. The van der Waals surface area contributed by atoms with Crippen molar-refractivity contribution >= 4 is 23.4 Å². The van der Waals surface area contributed by atoms with Gasteiger partial charge in [-0.2, -0.15) is 0 Å². The Labute approximate surface area is 98.1 Å². The summed E-state index contributed by atoms with van der Waals surface area (Å²) >= 11 is 1.52. The summed E-state index contributed by atoms with van der Waals surface area (Å²) in [5.41, 5.74) is 6.17. The summed E-state index contributed by atoms with van der Waals surface area (Å²) in [6, 6.07) is 5.80. The van der Waals surface area contributed by atoms with Crippen LogP contribution in [0.2, 0.25) is 0 Å². The van der Waals surface area contributed by atoms with Gasteiger partial charge in [0.05, 0.1) is 17.8 Å². The molecule has 0 atom stereocenters. The highest BCUT2D eigenvalue weighted by atomic mass is 32.2. The van der Waals surface area contributed by atoms with E-state index >= 15 is 0 Å². The van der Waals surface area contributed by atoms with E-state index in [1.165, 1.54) is 17.8 Å². The number of hydrogen-bond donors (Lipinski definition) is 1. The molecule has 0 bridgehead atoms. The third-order valence-electron chi connectivity index (χ3n) is 2.34. The fraction of sp³-hybridized carbons (Fsp3) is 0.182. The van der Waals surface area contributed by atoms with Gasteiger partial charge >= 0.3 is 0 Å². The molecule has 0 saturated carbocycles. The fourth-order valence-electron chi connectivity index (χ4n) is 1.52. The molecule has 2 rings (SSSR count). The normalized spacial score (nSPS) is 16.4. The Hall–Kier alpha value is -1.62. The van der Waals surface area contributed by atoms with Crippen LogP contribution in [0, 0.1) is 0 Å². The van der Waals surface area contributed by atoms with Crippen LogP contribution < -0.4 is 15.4 Å². The summed E-state index contributed by atoms with van der Waals surface area (Å²) in [4.78, 5) is 13.9. The highest BCUT2D eigenvalue weighted by molar-refractivity contribution is 8.03. The summed E-state index contributed by atoms with van der Waals surface area (Å²) in [5.74, 6) is 0.362. The molecule has 1 aliphatic heterocycles. The molecule has 84 valence electrons. The monoisotopic (exact) mass is 236 g/mol. The molecule has 1 aromatic carbocycles. The predicted octanol–water partition coefficient (Wildman–Crippen LogP) is 1.56. The zero-order valence-electron chi connectivity index (χ0n) is 9.06. The summed E-state index contributed by atoms with van der Waals surface area (Å²) in [6.07, 6.45) is 1.43. The molecule has 1 aromatic rings. The average molecular weight is 236 g/mol. The molecule has 4 nitrogen and oxygen atoms in total. The molecule has 0 spiro atoms. The Morgan fingerprint density at radius 1 is 1.56 bits per heavy atom. The van der Waals surface area contributed by atoms with E-state index in [1.807, 2.05) is 30.1 Å². The Balaban J connectivity index is 2.38. The van der Waals surface area contributed by atoms with Crippen molar-refractivity contribution in [1.82, 2.24) is 0 Å². The van der Waals surface area contributed by atoms with Crippen LogP contribution >= 0.6 is 11.8 Å². The van der Waals surface area contributed by atoms with Crippen LogP contribution in [0.5, 0.6) is 5.75 Å². The molecule has 0 aliphatic carbocycles. The number of benzene rings is 1. The van der Waals surface area contributed by atoms with Crippen molar-refractivity contribution in [3.8, 4) is 5.75 Å². The molecule has 16 heavy (non-hydrogen) atoms. The first-order valence-electron chi connectivity index (χ1n) is 4.72. The van der Waals surface area contributed by atoms with Crippen molar-refractivity contribution in [2.75, 3.05) is 19.1 Å². The van der Waals surface area contributed by atoms with E-state index in [9.17, 15) is 4.79 Å². The van der Waals surface area contributed by atoms with E-state index in [1.54, 1.807) is 7.11 Å². The lowest BCUT2D eigenvalue weighted by Crippen LogP contribution is -2.14. The number of carbonyl (C=O) groups is 1. The molecule has 2 N–H and O–H groups in total. The zero-order valence-corrected chi connectivity index (χ0v) is 9.88. The van der Waals surface area contributed by atoms with Gasteiger partial charge in [0.15, 0.2) is 0 Å². The van der Waals surface area contributed by atoms with Crippen LogP contribution in [0.3, 0.4) is 0 Å². The summed E-state index contributed by atoms with van der Waals surface area (Å²) in [6.45, 7) is 0. The third kappa shape index (κ3) is 1.86. The van der Waals surface area contributed by atoms with Gasteiger partial charge in [0.25, 0.3) is 0 Å². The number of methoxy groups -OCH3 is 1. The van der Waals surface area contributed by atoms with Gasteiger partial charge in [-0.3, -0.25) is 4.79 Å². The Bertz CT molecular complexity index is 471. The van der Waals surface area contributed by atoms with E-state index in [2.05, 4.69) is 0 Å². The number of hydrogen-bond acceptors (Lipinski definition) is 4. The van der Waals surface area contributed by atoms with E-state index < -0.39 is 5.91 Å². The summed E-state index contributed by atoms with van der Waals surface area (Å²) < 4.78 is 5.16. The Kier molecular flexibility index (Phi) is 2.78. The minimum Gasteiger partial charge on any atom is -0.497 e. The second-order valence-corrected chi connectivity index (χ2v) is 4.44. The van der Waals surface area contributed by atoms with Crippen molar-refractivity contribution in [2.24, 2.45) is 5.73 Å². The van der Waals surface area contributed by atoms with Crippen molar-refractivity contribution < 1.29 is 9.53 Å². The lowest BCUT2D eigenvalue weighted by atomic mass is 10.3. The highest BCUT2D eigenvalue weighted by Gasteiger charge is 2.22. The van der Waals surface area contributed by atoms with Crippen LogP contribution in [-0.2, 0) is 4.79 Å². The van der Waals surface area contributed by atoms with Gasteiger partial charge in [-0.1, -0.05) is 11.8 Å². The maximum absolute atomic E-state index is 10.9. The number of anilines is 1. The van der Waals surface area contributed by atoms with Gasteiger partial charge in [0.1, 0.15) is 5.75 Å². The largest absolute Gasteiger partial charge is 0.497 e. The van der Waals surface area contributed by atoms with Crippen LogP contribution in [0.25, 0.3) is 0 Å². The lowest BCUT2D eigenvalue weighted by Gasteiger charge is -2.13. The molecule has 0 unspecified atom stereocenters. The van der Waals surface area contributed by atoms with E-state index in [0.717, 1.165) is 21.4 Å². The Morgan fingerprint density at radius 2 is 2.31 bits per heavy atom. The summed E-state index contributed by atoms with van der Waals surface area (Å²) in [7, 11) is 3.52. The van der Waals surface area contributed by atoms with Gasteiger partial charge in [-0.15, -0.1) is 0 Å². The fourth-order valence-corrected chi connectivity index (χ4v) is 2.59. The zero-order chi connectivity index (χ0) is 11.7. The molecule has 0 saturated heterocycles. The number of ether oxygens (including phenoxy) is 1. The molecule has 1 aliphatic rings. The number of primary amides is 1. The van der Waals surface area contributed by atoms with Crippen molar-refractivity contribution in [3.05, 3.63) is 29.3 Å². The van der Waals surface area contributed by atoms with Gasteiger partial charge < -0.3 is 15.4 Å². The SMILES string of the molecule is COc1ccc2c(c1)N(C)/C(=C/C(N)=O)S2. The first-order valence-corrected chi connectivity index (χ1v) is 5.54. The first kappa shape index (κ1) is 10.9. The number of rotatable bonds is 2. The van der Waals surface area contributed by atoms with Gasteiger partial charge in [-0.25, -0.2) is 0 Å². The molecule has 0 radical (unpaired) electrons. The van der Waals surface area contributed by atoms with Gasteiger partial charge in [0, 0.05) is 24.1 Å². The quantitative estimate of drug-likeness (QED) is 0.792. The smallest absolute Gasteiger partial charge is 0.244 e. The lowest BCUT2D eigenvalue weighted by molar-refractivity contribution is -0.113. The van der Waals surface area contributed by atoms with Crippen LogP contribution in [0.4, 0.5) is 5.69 Å². The topological polar surface area (TPSA) is 55.6 Å². The van der Waals surface area contributed by atoms with Crippen LogP contribution in [0.15, 0.2) is 34.2 Å². The van der Waals surface area contributed by atoms with E-state index in [4.69, 9.17) is 10.5 Å². The van der Waals surface area contributed by atoms with Crippen molar-refractivity contribution in [2.45, 2.75) is 4.90 Å². The number of nitrogens with zero attached hydrogens (tertiary/aromatic N) is 1. The van der Waals surface area contributed by atoms with Gasteiger partial charge in [-0.05, 0) is 12.1 Å². The number of amides is 1. The average Bonchev–Trinajstić information content (AvgIpc) is 2.55.